The monoisotopic (exact) mass is 360 g/mol. The number of carbonyl (C=O) groups excluding carboxylic acids is 1. The van der Waals surface area contributed by atoms with Crippen LogP contribution in [0.5, 0.6) is 0 Å². The van der Waals surface area contributed by atoms with Crippen LogP contribution < -0.4 is 5.32 Å². The molecule has 1 amide bonds. The number of aromatic amines is 1. The molecule has 3 N–H and O–H groups in total. The van der Waals surface area contributed by atoms with E-state index in [0.717, 1.165) is 27.6 Å². The standard InChI is InChI=1S/C19H24N2O5/c1-10-4-5-11(2)17-16(10)12(3)18(21-17)19(24)20-13-8-25-7-6-14(13)26-9-15(22)23/h4-5,13-14,21H,6-9H2,1-3H3,(H,20,24)(H,22,23). The molecule has 7 nitrogen and oxygen atoms in total. The van der Waals surface area contributed by atoms with Crippen LogP contribution in [0.2, 0.25) is 0 Å². The molecule has 1 aromatic carbocycles. The summed E-state index contributed by atoms with van der Waals surface area (Å²) in [7, 11) is 0. The van der Waals surface area contributed by atoms with Gasteiger partial charge in [0.25, 0.3) is 5.91 Å². The number of H-pyrrole nitrogens is 1. The lowest BCUT2D eigenvalue weighted by atomic mass is 10.0. The Hall–Kier alpha value is -2.38. The van der Waals surface area contributed by atoms with Crippen molar-refractivity contribution in [2.75, 3.05) is 19.8 Å². The summed E-state index contributed by atoms with van der Waals surface area (Å²) in [6.07, 6.45) is 0.166. The summed E-state index contributed by atoms with van der Waals surface area (Å²) in [5.74, 6) is -1.27. The van der Waals surface area contributed by atoms with Crippen LogP contribution in [0.4, 0.5) is 0 Å². The Kier molecular flexibility index (Phi) is 5.29. The third-order valence-electron chi connectivity index (χ3n) is 4.88. The normalized spacial score (nSPS) is 20.3. The van der Waals surface area contributed by atoms with Gasteiger partial charge in [-0.05, 0) is 43.9 Å². The number of carboxylic acids is 1. The van der Waals surface area contributed by atoms with Gasteiger partial charge in [0.15, 0.2) is 0 Å². The van der Waals surface area contributed by atoms with Crippen molar-refractivity contribution in [3.8, 4) is 0 Å². The first-order valence-electron chi connectivity index (χ1n) is 8.69. The molecule has 2 unspecified atom stereocenters. The van der Waals surface area contributed by atoms with Crippen LogP contribution in [0.15, 0.2) is 12.1 Å². The van der Waals surface area contributed by atoms with Crippen LogP contribution in [-0.4, -0.2) is 53.9 Å². The number of amides is 1. The Morgan fingerprint density at radius 1 is 1.31 bits per heavy atom. The second-order valence-corrected chi connectivity index (χ2v) is 6.76. The summed E-state index contributed by atoms with van der Waals surface area (Å²) >= 11 is 0. The number of carboxylic acid groups (broad SMARTS) is 1. The van der Waals surface area contributed by atoms with Gasteiger partial charge in [0.1, 0.15) is 12.3 Å². The molecule has 1 aliphatic heterocycles. The molecule has 0 aliphatic carbocycles. The highest BCUT2D eigenvalue weighted by Gasteiger charge is 2.30. The Labute approximate surface area is 151 Å². The highest BCUT2D eigenvalue weighted by atomic mass is 16.5. The molecule has 2 heterocycles. The SMILES string of the molecule is Cc1ccc(C)c2c(C)c(C(=O)NC3COCCC3OCC(=O)O)[nH]c12. The first kappa shape index (κ1) is 18.4. The number of aryl methyl sites for hydroxylation is 3. The van der Waals surface area contributed by atoms with Crippen LogP contribution in [-0.2, 0) is 14.3 Å². The number of ether oxygens (including phenoxy) is 2. The predicted octanol–water partition coefficient (Wildman–Crippen LogP) is 2.08. The fourth-order valence-corrected chi connectivity index (χ4v) is 3.50. The van der Waals surface area contributed by atoms with E-state index >= 15 is 0 Å². The van der Waals surface area contributed by atoms with Gasteiger partial charge in [0.2, 0.25) is 0 Å². The van der Waals surface area contributed by atoms with E-state index in [4.69, 9.17) is 14.6 Å². The average molecular weight is 360 g/mol. The van der Waals surface area contributed by atoms with E-state index < -0.39 is 5.97 Å². The summed E-state index contributed by atoms with van der Waals surface area (Å²) in [6.45, 7) is 6.35. The quantitative estimate of drug-likeness (QED) is 0.758. The molecule has 1 aliphatic rings. The van der Waals surface area contributed by atoms with Gasteiger partial charge in [0, 0.05) is 17.5 Å². The maximum atomic E-state index is 12.8. The van der Waals surface area contributed by atoms with E-state index in [1.165, 1.54) is 0 Å². The second-order valence-electron chi connectivity index (χ2n) is 6.76. The number of hydrogen-bond acceptors (Lipinski definition) is 4. The number of fused-ring (bicyclic) bond motifs is 1. The molecule has 7 heteroatoms. The molecule has 0 bridgehead atoms. The summed E-state index contributed by atoms with van der Waals surface area (Å²) in [5.41, 5.74) is 4.57. The number of rotatable bonds is 5. The van der Waals surface area contributed by atoms with Crippen molar-refractivity contribution in [3.05, 3.63) is 34.5 Å². The van der Waals surface area contributed by atoms with E-state index in [0.29, 0.717) is 25.3 Å². The van der Waals surface area contributed by atoms with Crippen molar-refractivity contribution in [1.29, 1.82) is 0 Å². The van der Waals surface area contributed by atoms with Gasteiger partial charge in [-0.2, -0.15) is 0 Å². The molecule has 1 saturated heterocycles. The van der Waals surface area contributed by atoms with Crippen LogP contribution in [0.1, 0.15) is 33.6 Å². The molecule has 0 saturated carbocycles. The van der Waals surface area contributed by atoms with E-state index in [9.17, 15) is 9.59 Å². The maximum Gasteiger partial charge on any atom is 0.329 e. The first-order chi connectivity index (χ1) is 12.4. The minimum absolute atomic E-state index is 0.239. The van der Waals surface area contributed by atoms with Crippen molar-refractivity contribution in [1.82, 2.24) is 10.3 Å². The Balaban J connectivity index is 1.82. The van der Waals surface area contributed by atoms with Gasteiger partial charge in [-0.15, -0.1) is 0 Å². The molecule has 1 fully saturated rings. The summed E-state index contributed by atoms with van der Waals surface area (Å²) in [5, 5.41) is 12.8. The Bertz CT molecular complexity index is 842. The third kappa shape index (κ3) is 3.59. The first-order valence-corrected chi connectivity index (χ1v) is 8.69. The van der Waals surface area contributed by atoms with Gasteiger partial charge in [0.05, 0.1) is 18.8 Å². The van der Waals surface area contributed by atoms with Gasteiger partial charge >= 0.3 is 5.97 Å². The zero-order valence-corrected chi connectivity index (χ0v) is 15.2. The molecule has 26 heavy (non-hydrogen) atoms. The predicted molar refractivity (Wildman–Crippen MR) is 96.6 cm³/mol. The van der Waals surface area contributed by atoms with Gasteiger partial charge in [-0.25, -0.2) is 4.79 Å². The van der Waals surface area contributed by atoms with E-state index in [-0.39, 0.29) is 24.7 Å². The molecule has 2 aromatic rings. The lowest BCUT2D eigenvalue weighted by Crippen LogP contribution is -2.51. The molecular formula is C19H24N2O5. The maximum absolute atomic E-state index is 12.8. The van der Waals surface area contributed by atoms with Crippen molar-refractivity contribution >= 4 is 22.8 Å². The van der Waals surface area contributed by atoms with Crippen molar-refractivity contribution in [3.63, 3.8) is 0 Å². The summed E-state index contributed by atoms with van der Waals surface area (Å²) in [6, 6.07) is 3.69. The fourth-order valence-electron chi connectivity index (χ4n) is 3.50. The van der Waals surface area contributed by atoms with Crippen molar-refractivity contribution in [2.24, 2.45) is 0 Å². The number of aliphatic carboxylic acids is 1. The average Bonchev–Trinajstić information content (AvgIpc) is 2.96. The topological polar surface area (TPSA) is 101 Å². The van der Waals surface area contributed by atoms with Crippen molar-refractivity contribution < 1.29 is 24.2 Å². The minimum Gasteiger partial charge on any atom is -0.480 e. The molecule has 140 valence electrons. The zero-order valence-electron chi connectivity index (χ0n) is 15.2. The van der Waals surface area contributed by atoms with Crippen LogP contribution in [0.25, 0.3) is 10.9 Å². The lowest BCUT2D eigenvalue weighted by Gasteiger charge is -2.31. The zero-order chi connectivity index (χ0) is 18.8. The number of benzene rings is 1. The molecule has 1 aromatic heterocycles. The highest BCUT2D eigenvalue weighted by molar-refractivity contribution is 6.02. The smallest absolute Gasteiger partial charge is 0.329 e. The Morgan fingerprint density at radius 3 is 2.73 bits per heavy atom. The number of hydrogen-bond donors (Lipinski definition) is 3. The van der Waals surface area contributed by atoms with Crippen LogP contribution >= 0.6 is 0 Å². The molecule has 0 spiro atoms. The number of carbonyl (C=O) groups is 2. The van der Waals surface area contributed by atoms with Crippen molar-refractivity contribution in [2.45, 2.75) is 39.3 Å². The van der Waals surface area contributed by atoms with Crippen LogP contribution in [0, 0.1) is 20.8 Å². The van der Waals surface area contributed by atoms with Gasteiger partial charge < -0.3 is 24.9 Å². The van der Waals surface area contributed by atoms with E-state index in [1.807, 2.05) is 32.9 Å². The summed E-state index contributed by atoms with van der Waals surface area (Å²) in [4.78, 5) is 26.8. The second kappa shape index (κ2) is 7.47. The molecule has 3 rings (SSSR count). The highest BCUT2D eigenvalue weighted by Crippen LogP contribution is 2.27. The third-order valence-corrected chi connectivity index (χ3v) is 4.88. The summed E-state index contributed by atoms with van der Waals surface area (Å²) < 4.78 is 10.8. The largest absolute Gasteiger partial charge is 0.480 e. The molecule has 0 radical (unpaired) electrons. The number of nitrogens with one attached hydrogen (secondary N) is 2. The lowest BCUT2D eigenvalue weighted by molar-refractivity contribution is -0.147. The molecular weight excluding hydrogens is 336 g/mol. The van der Waals surface area contributed by atoms with Gasteiger partial charge in [-0.1, -0.05) is 12.1 Å². The Morgan fingerprint density at radius 2 is 2.04 bits per heavy atom. The minimum atomic E-state index is -1.03. The number of aromatic nitrogens is 1. The fraction of sp³-hybridized carbons (Fsp3) is 0.474. The van der Waals surface area contributed by atoms with Gasteiger partial charge in [-0.3, -0.25) is 4.79 Å². The van der Waals surface area contributed by atoms with E-state index in [2.05, 4.69) is 10.3 Å². The molecule has 2 atom stereocenters. The van der Waals surface area contributed by atoms with Crippen LogP contribution in [0.3, 0.4) is 0 Å². The van der Waals surface area contributed by atoms with E-state index in [1.54, 1.807) is 0 Å².